The maximum Gasteiger partial charge on any atom is 0.306 e. The monoisotopic (exact) mass is 1150 g/mol. The SMILES string of the molecule is CC/C=C\C/C=C\C/C=C\C/C=C\CCCCCCCCC(=O)OC(COC(=O)CCCCCCCCCCCCCC)COC(=O)CCCCCCCCCCCCCCCCCCCCCCC/C=C\C/C=C\CCCCCCC. The highest BCUT2D eigenvalue weighted by atomic mass is 16.6. The Morgan fingerprint density at radius 2 is 0.476 bits per heavy atom. The molecular formula is C76H136O6. The maximum atomic E-state index is 12.9. The predicted octanol–water partition coefficient (Wildman–Crippen LogP) is 24.8. The molecule has 0 aliphatic rings. The summed E-state index contributed by atoms with van der Waals surface area (Å²) in [5.41, 5.74) is 0. The lowest BCUT2D eigenvalue weighted by Crippen LogP contribution is -2.30. The van der Waals surface area contributed by atoms with E-state index in [1.165, 1.54) is 231 Å². The molecule has 1 unspecified atom stereocenters. The Morgan fingerprint density at radius 1 is 0.256 bits per heavy atom. The average Bonchev–Trinajstić information content (AvgIpc) is 3.47. The van der Waals surface area contributed by atoms with Crippen LogP contribution in [0.3, 0.4) is 0 Å². The molecule has 0 rings (SSSR count). The van der Waals surface area contributed by atoms with Gasteiger partial charge in [-0.2, -0.15) is 0 Å². The van der Waals surface area contributed by atoms with Crippen molar-refractivity contribution in [1.29, 1.82) is 0 Å². The third kappa shape index (κ3) is 67.6. The summed E-state index contributed by atoms with van der Waals surface area (Å²) < 4.78 is 17.0. The van der Waals surface area contributed by atoms with Gasteiger partial charge in [0.05, 0.1) is 0 Å². The lowest BCUT2D eigenvalue weighted by Gasteiger charge is -2.18. The third-order valence-corrected chi connectivity index (χ3v) is 15.9. The molecule has 0 spiro atoms. The number of hydrogen-bond acceptors (Lipinski definition) is 6. The number of unbranched alkanes of at least 4 members (excludes halogenated alkanes) is 43. The summed E-state index contributed by atoms with van der Waals surface area (Å²) in [4.78, 5) is 38.4. The molecule has 0 radical (unpaired) electrons. The number of esters is 3. The van der Waals surface area contributed by atoms with E-state index in [9.17, 15) is 14.4 Å². The van der Waals surface area contributed by atoms with Crippen molar-refractivity contribution in [2.45, 2.75) is 380 Å². The van der Waals surface area contributed by atoms with Gasteiger partial charge in [-0.25, -0.2) is 0 Å². The normalized spacial score (nSPS) is 12.5. The van der Waals surface area contributed by atoms with E-state index in [4.69, 9.17) is 14.2 Å². The quantitative estimate of drug-likeness (QED) is 0.0261. The predicted molar refractivity (Wildman–Crippen MR) is 358 cm³/mol. The lowest BCUT2D eigenvalue weighted by atomic mass is 10.0. The third-order valence-electron chi connectivity index (χ3n) is 15.9. The van der Waals surface area contributed by atoms with Gasteiger partial charge in [0.25, 0.3) is 0 Å². The molecule has 0 N–H and O–H groups in total. The molecule has 82 heavy (non-hydrogen) atoms. The summed E-state index contributed by atoms with van der Waals surface area (Å²) in [6.45, 7) is 6.55. The fraction of sp³-hybridized carbons (Fsp3) is 0.803. The van der Waals surface area contributed by atoms with Crippen LogP contribution in [0.4, 0.5) is 0 Å². The maximum absolute atomic E-state index is 12.9. The van der Waals surface area contributed by atoms with Crippen molar-refractivity contribution >= 4 is 17.9 Å². The van der Waals surface area contributed by atoms with Gasteiger partial charge in [-0.05, 0) is 89.9 Å². The smallest absolute Gasteiger partial charge is 0.306 e. The van der Waals surface area contributed by atoms with Crippen molar-refractivity contribution in [3.8, 4) is 0 Å². The van der Waals surface area contributed by atoms with Crippen molar-refractivity contribution in [3.05, 3.63) is 72.9 Å². The molecule has 0 saturated carbocycles. The zero-order chi connectivity index (χ0) is 59.2. The van der Waals surface area contributed by atoms with Crippen LogP contribution in [0, 0.1) is 0 Å². The van der Waals surface area contributed by atoms with E-state index >= 15 is 0 Å². The first-order valence-electron chi connectivity index (χ1n) is 35.9. The molecule has 0 aliphatic carbocycles. The minimum absolute atomic E-state index is 0.0764. The van der Waals surface area contributed by atoms with Gasteiger partial charge in [-0.1, -0.05) is 338 Å². The molecule has 6 nitrogen and oxygen atoms in total. The van der Waals surface area contributed by atoms with E-state index in [1.54, 1.807) is 0 Å². The van der Waals surface area contributed by atoms with Crippen molar-refractivity contribution < 1.29 is 28.6 Å². The fourth-order valence-corrected chi connectivity index (χ4v) is 10.6. The van der Waals surface area contributed by atoms with E-state index in [0.717, 1.165) is 103 Å². The molecule has 6 heteroatoms. The fourth-order valence-electron chi connectivity index (χ4n) is 10.6. The molecule has 476 valence electrons. The van der Waals surface area contributed by atoms with E-state index < -0.39 is 6.10 Å². The minimum Gasteiger partial charge on any atom is -0.462 e. The second kappa shape index (κ2) is 70.3. The van der Waals surface area contributed by atoms with Gasteiger partial charge in [0.1, 0.15) is 13.2 Å². The van der Waals surface area contributed by atoms with Gasteiger partial charge in [0.15, 0.2) is 6.10 Å². The molecule has 1 atom stereocenters. The molecule has 0 aromatic heterocycles. The molecule has 0 aromatic rings. The zero-order valence-corrected chi connectivity index (χ0v) is 54.8. The highest BCUT2D eigenvalue weighted by Gasteiger charge is 2.19. The number of carbonyl (C=O) groups excluding carboxylic acids is 3. The van der Waals surface area contributed by atoms with Crippen LogP contribution in [-0.4, -0.2) is 37.2 Å². The van der Waals surface area contributed by atoms with E-state index in [-0.39, 0.29) is 31.1 Å². The average molecular weight is 1150 g/mol. The summed E-state index contributed by atoms with van der Waals surface area (Å²) in [5, 5.41) is 0. The van der Waals surface area contributed by atoms with E-state index in [2.05, 4.69) is 93.7 Å². The van der Waals surface area contributed by atoms with Crippen LogP contribution < -0.4 is 0 Å². The number of ether oxygens (including phenoxy) is 3. The highest BCUT2D eigenvalue weighted by molar-refractivity contribution is 5.71. The minimum atomic E-state index is -0.781. The van der Waals surface area contributed by atoms with Crippen LogP contribution in [0.25, 0.3) is 0 Å². The summed E-state index contributed by atoms with van der Waals surface area (Å²) in [6.07, 6.45) is 92.3. The first-order chi connectivity index (χ1) is 40.5. The van der Waals surface area contributed by atoms with Gasteiger partial charge < -0.3 is 14.2 Å². The molecule has 0 heterocycles. The second-order valence-electron chi connectivity index (χ2n) is 24.1. The van der Waals surface area contributed by atoms with Crippen LogP contribution in [-0.2, 0) is 28.6 Å². The van der Waals surface area contributed by atoms with Gasteiger partial charge in [0, 0.05) is 19.3 Å². The number of allylic oxidation sites excluding steroid dienone is 12. The van der Waals surface area contributed by atoms with Gasteiger partial charge in [-0.3, -0.25) is 14.4 Å². The first-order valence-corrected chi connectivity index (χ1v) is 35.9. The molecular weight excluding hydrogens is 1010 g/mol. The Morgan fingerprint density at radius 3 is 0.744 bits per heavy atom. The Hall–Kier alpha value is -3.15. The zero-order valence-electron chi connectivity index (χ0n) is 54.8. The second-order valence-corrected chi connectivity index (χ2v) is 24.1. The Kier molecular flexibility index (Phi) is 67.6. The summed E-state index contributed by atoms with van der Waals surface area (Å²) >= 11 is 0. The number of rotatable bonds is 66. The lowest BCUT2D eigenvalue weighted by molar-refractivity contribution is -0.167. The van der Waals surface area contributed by atoms with Crippen LogP contribution in [0.15, 0.2) is 72.9 Å². The Bertz CT molecular complexity index is 1500. The summed E-state index contributed by atoms with van der Waals surface area (Å²) in [7, 11) is 0. The van der Waals surface area contributed by atoms with Crippen LogP contribution >= 0.6 is 0 Å². The molecule has 0 aromatic carbocycles. The van der Waals surface area contributed by atoms with Crippen molar-refractivity contribution in [1.82, 2.24) is 0 Å². The first kappa shape index (κ1) is 78.8. The topological polar surface area (TPSA) is 78.9 Å². The summed E-state index contributed by atoms with van der Waals surface area (Å²) in [5.74, 6) is -0.869. The molecule has 0 amide bonds. The largest absolute Gasteiger partial charge is 0.462 e. The summed E-state index contributed by atoms with van der Waals surface area (Å²) in [6, 6.07) is 0. The molecule has 0 aliphatic heterocycles. The highest BCUT2D eigenvalue weighted by Crippen LogP contribution is 2.18. The van der Waals surface area contributed by atoms with Crippen LogP contribution in [0.5, 0.6) is 0 Å². The van der Waals surface area contributed by atoms with Gasteiger partial charge >= 0.3 is 17.9 Å². The van der Waals surface area contributed by atoms with Crippen LogP contribution in [0.2, 0.25) is 0 Å². The molecule has 0 fully saturated rings. The molecule has 0 saturated heterocycles. The number of carbonyl (C=O) groups is 3. The standard InChI is InChI=1S/C76H136O6/c1-4-7-10-13-16-19-22-25-27-29-31-32-33-34-35-36-37-38-39-40-41-42-43-44-46-47-49-51-54-57-60-63-66-69-75(78)81-72-73(71-80-74(77)68-65-62-59-56-53-24-21-18-15-12-9-6-3)82-76(79)70-67-64-61-58-55-52-50-48-45-30-28-26-23-20-17-14-11-8-5-2/h8,11,17,20,22,25-26,28-29,31,45,48,73H,4-7,9-10,12-16,18-19,21,23-24,27,30,32-44,46-47,49-72H2,1-3H3/b11-8-,20-17-,25-22-,28-26-,31-29-,48-45-. The van der Waals surface area contributed by atoms with Crippen molar-refractivity contribution in [2.24, 2.45) is 0 Å². The molecule has 0 bridgehead atoms. The van der Waals surface area contributed by atoms with Crippen molar-refractivity contribution in [2.75, 3.05) is 13.2 Å². The van der Waals surface area contributed by atoms with E-state index in [0.29, 0.717) is 19.3 Å². The van der Waals surface area contributed by atoms with Crippen molar-refractivity contribution in [3.63, 3.8) is 0 Å². The van der Waals surface area contributed by atoms with Gasteiger partial charge in [0.2, 0.25) is 0 Å². The van der Waals surface area contributed by atoms with E-state index in [1.807, 2.05) is 0 Å². The Labute approximate surface area is 510 Å². The number of hydrogen-bond donors (Lipinski definition) is 0. The van der Waals surface area contributed by atoms with Crippen LogP contribution in [0.1, 0.15) is 374 Å². The Balaban J connectivity index is 4.14. The van der Waals surface area contributed by atoms with Gasteiger partial charge in [-0.15, -0.1) is 0 Å².